The van der Waals surface area contributed by atoms with Gasteiger partial charge in [-0.2, -0.15) is 0 Å². The molecule has 320 valence electrons. The van der Waals surface area contributed by atoms with Crippen LogP contribution in [-0.2, 0) is 41.7 Å². The van der Waals surface area contributed by atoms with Gasteiger partial charge in [0.2, 0.25) is 17.7 Å². The maximum absolute atomic E-state index is 13.8. The second kappa shape index (κ2) is 20.9. The Hall–Kier alpha value is -6.90. The van der Waals surface area contributed by atoms with Gasteiger partial charge in [0.05, 0.1) is 14.2 Å². The molecule has 2 fully saturated rings. The topological polar surface area (TPSA) is 179 Å². The summed E-state index contributed by atoms with van der Waals surface area (Å²) in [5.74, 6) is -1.28. The van der Waals surface area contributed by atoms with E-state index in [-0.39, 0.29) is 23.6 Å². The Labute approximate surface area is 355 Å². The van der Waals surface area contributed by atoms with Crippen molar-refractivity contribution in [2.24, 2.45) is 0 Å². The van der Waals surface area contributed by atoms with Crippen LogP contribution in [0.15, 0.2) is 109 Å². The van der Waals surface area contributed by atoms with Crippen LogP contribution in [0.4, 0.5) is 26.7 Å². The van der Waals surface area contributed by atoms with Crippen LogP contribution in [0.1, 0.15) is 61.8 Å². The van der Waals surface area contributed by atoms with Crippen LogP contribution in [-0.4, -0.2) is 91.0 Å². The van der Waals surface area contributed by atoms with Crippen molar-refractivity contribution in [3.05, 3.63) is 126 Å². The van der Waals surface area contributed by atoms with Crippen LogP contribution >= 0.6 is 0 Å². The van der Waals surface area contributed by atoms with Gasteiger partial charge in [0.1, 0.15) is 24.2 Å². The van der Waals surface area contributed by atoms with E-state index in [1.54, 1.807) is 31.2 Å². The number of amides is 6. The fourth-order valence-corrected chi connectivity index (χ4v) is 7.78. The SMILES string of the molecule is CC[C@H](NC(=O)OC)C(=O)N1CCCC1C(=O)Nc1ccc(CN(Cc2ccc(NC(=O)C3CCCN3C(=O)[C@H](NC(=O)OC)c3ccccc3)cc2)c2ccccc2)cc1. The number of hydrogen-bond donors (Lipinski definition) is 4. The zero-order valence-corrected chi connectivity index (χ0v) is 34.7. The second-order valence-corrected chi connectivity index (χ2v) is 15.0. The van der Waals surface area contributed by atoms with E-state index >= 15 is 0 Å². The molecule has 15 heteroatoms. The van der Waals surface area contributed by atoms with Gasteiger partial charge in [-0.25, -0.2) is 9.59 Å². The standard InChI is InChI=1S/C46H53N7O8/c1-4-37(49-45(58)60-2)43(56)52-27-11-17-38(52)41(54)47-34-23-19-31(20-24-34)29-51(36-15-9-6-10-16-36)30-32-21-25-35(26-22-32)48-42(55)39-18-12-28-53(39)44(57)40(50-46(59)61-3)33-13-7-5-8-14-33/h5-10,13-16,19-26,37-40H,4,11-12,17-18,27-30H2,1-3H3,(H,47,54)(H,48,55)(H,49,58)(H,50,59)/t37-,38?,39?,40+/m0/s1. The molecule has 4 atom stereocenters. The number of nitrogens with one attached hydrogen (secondary N) is 4. The predicted molar refractivity (Wildman–Crippen MR) is 230 cm³/mol. The molecule has 2 heterocycles. The minimum Gasteiger partial charge on any atom is -0.453 e. The molecule has 4 aromatic carbocycles. The number of carbonyl (C=O) groups is 6. The number of carbonyl (C=O) groups excluding carboxylic acids is 6. The van der Waals surface area contributed by atoms with E-state index in [0.29, 0.717) is 75.2 Å². The average molecular weight is 832 g/mol. The summed E-state index contributed by atoms with van der Waals surface area (Å²) in [5, 5.41) is 11.1. The number of nitrogens with zero attached hydrogens (tertiary/aromatic N) is 3. The number of ether oxygens (including phenoxy) is 2. The number of anilines is 3. The number of alkyl carbamates (subject to hydrolysis) is 2. The molecular formula is C46H53N7O8. The fraction of sp³-hybridized carbons (Fsp3) is 0.348. The van der Waals surface area contributed by atoms with Crippen molar-refractivity contribution in [3.63, 3.8) is 0 Å². The summed E-state index contributed by atoms with van der Waals surface area (Å²) in [6.07, 6.45) is 1.28. The third-order valence-corrected chi connectivity index (χ3v) is 11.0. The van der Waals surface area contributed by atoms with E-state index < -0.39 is 36.4 Å². The molecule has 6 rings (SSSR count). The van der Waals surface area contributed by atoms with Crippen molar-refractivity contribution >= 4 is 52.9 Å². The number of rotatable bonds is 15. The molecule has 0 bridgehead atoms. The average Bonchev–Trinajstić information content (AvgIpc) is 4.00. The number of hydrogen-bond acceptors (Lipinski definition) is 9. The molecule has 6 amide bonds. The van der Waals surface area contributed by atoms with Crippen molar-refractivity contribution in [2.45, 2.75) is 76.3 Å². The van der Waals surface area contributed by atoms with E-state index in [0.717, 1.165) is 16.8 Å². The normalized spacial score (nSPS) is 16.8. The molecule has 4 aromatic rings. The Morgan fingerprint density at radius 1 is 0.623 bits per heavy atom. The highest BCUT2D eigenvalue weighted by molar-refractivity contribution is 5.99. The summed E-state index contributed by atoms with van der Waals surface area (Å²) in [4.78, 5) is 83.3. The highest BCUT2D eigenvalue weighted by Gasteiger charge is 2.39. The maximum atomic E-state index is 13.8. The van der Waals surface area contributed by atoms with Gasteiger partial charge in [0, 0.05) is 43.2 Å². The van der Waals surface area contributed by atoms with Crippen LogP contribution in [0.2, 0.25) is 0 Å². The van der Waals surface area contributed by atoms with E-state index in [9.17, 15) is 28.8 Å². The number of methoxy groups -OCH3 is 2. The lowest BCUT2D eigenvalue weighted by Gasteiger charge is -2.28. The summed E-state index contributed by atoms with van der Waals surface area (Å²) in [5.41, 5.74) is 4.82. The highest BCUT2D eigenvalue weighted by atomic mass is 16.5. The lowest BCUT2D eigenvalue weighted by Crippen LogP contribution is -2.52. The Bertz CT molecular complexity index is 2140. The zero-order chi connectivity index (χ0) is 43.3. The third kappa shape index (κ3) is 11.2. The first-order valence-electron chi connectivity index (χ1n) is 20.5. The Balaban J connectivity index is 1.07. The van der Waals surface area contributed by atoms with E-state index in [4.69, 9.17) is 4.74 Å². The van der Waals surface area contributed by atoms with Gasteiger partial charge in [0.15, 0.2) is 0 Å². The number of benzene rings is 4. The molecule has 15 nitrogen and oxygen atoms in total. The largest absolute Gasteiger partial charge is 0.453 e. The first-order chi connectivity index (χ1) is 29.6. The van der Waals surface area contributed by atoms with Crippen molar-refractivity contribution in [1.82, 2.24) is 20.4 Å². The first-order valence-corrected chi connectivity index (χ1v) is 20.5. The Kier molecular flexibility index (Phi) is 14.9. The molecule has 0 aromatic heterocycles. The van der Waals surface area contributed by atoms with Gasteiger partial charge in [-0.3, -0.25) is 19.2 Å². The Morgan fingerprint density at radius 3 is 1.56 bits per heavy atom. The quantitative estimate of drug-likeness (QED) is 0.112. The molecule has 0 saturated carbocycles. The minimum absolute atomic E-state index is 0.282. The van der Waals surface area contributed by atoms with Crippen LogP contribution < -0.4 is 26.2 Å². The summed E-state index contributed by atoms with van der Waals surface area (Å²) in [6, 6.07) is 31.0. The van der Waals surface area contributed by atoms with Crippen LogP contribution in [0.5, 0.6) is 0 Å². The molecule has 2 aliphatic rings. The smallest absolute Gasteiger partial charge is 0.407 e. The van der Waals surface area contributed by atoms with E-state index in [1.807, 2.05) is 84.9 Å². The van der Waals surface area contributed by atoms with Crippen molar-refractivity contribution in [3.8, 4) is 0 Å². The highest BCUT2D eigenvalue weighted by Crippen LogP contribution is 2.27. The van der Waals surface area contributed by atoms with E-state index in [2.05, 4.69) is 30.9 Å². The summed E-state index contributed by atoms with van der Waals surface area (Å²) < 4.78 is 9.44. The molecular weight excluding hydrogens is 779 g/mol. The van der Waals surface area contributed by atoms with Crippen molar-refractivity contribution in [1.29, 1.82) is 0 Å². The van der Waals surface area contributed by atoms with Gasteiger partial charge in [-0.15, -0.1) is 0 Å². The van der Waals surface area contributed by atoms with Crippen LogP contribution in [0, 0.1) is 0 Å². The Morgan fingerprint density at radius 2 is 1.08 bits per heavy atom. The van der Waals surface area contributed by atoms with Gasteiger partial charge < -0.3 is 45.4 Å². The first kappa shape index (κ1) is 43.7. The van der Waals surface area contributed by atoms with Crippen LogP contribution in [0.25, 0.3) is 0 Å². The minimum atomic E-state index is -1.00. The lowest BCUT2D eigenvalue weighted by atomic mass is 10.0. The molecule has 2 aliphatic heterocycles. The third-order valence-electron chi connectivity index (χ3n) is 11.0. The van der Waals surface area contributed by atoms with Crippen LogP contribution in [0.3, 0.4) is 0 Å². The maximum Gasteiger partial charge on any atom is 0.407 e. The summed E-state index contributed by atoms with van der Waals surface area (Å²) in [6.45, 7) is 3.72. The number of para-hydroxylation sites is 1. The monoisotopic (exact) mass is 831 g/mol. The molecule has 4 N–H and O–H groups in total. The molecule has 0 spiro atoms. The lowest BCUT2D eigenvalue weighted by molar-refractivity contribution is -0.138. The van der Waals surface area contributed by atoms with Crippen molar-refractivity contribution in [2.75, 3.05) is 42.8 Å². The molecule has 61 heavy (non-hydrogen) atoms. The zero-order valence-electron chi connectivity index (χ0n) is 34.7. The number of likely N-dealkylation sites (tertiary alicyclic amines) is 2. The van der Waals surface area contributed by atoms with Gasteiger partial charge in [-0.1, -0.05) is 79.7 Å². The molecule has 0 radical (unpaired) electrons. The molecule has 0 aliphatic carbocycles. The van der Waals surface area contributed by atoms with Gasteiger partial charge in [0.25, 0.3) is 5.91 Å². The summed E-state index contributed by atoms with van der Waals surface area (Å²) >= 11 is 0. The molecule has 2 saturated heterocycles. The predicted octanol–water partition coefficient (Wildman–Crippen LogP) is 5.98. The van der Waals surface area contributed by atoms with Crippen molar-refractivity contribution < 1.29 is 38.2 Å². The second-order valence-electron chi connectivity index (χ2n) is 15.0. The fourth-order valence-electron chi connectivity index (χ4n) is 7.78. The van der Waals surface area contributed by atoms with Gasteiger partial charge in [-0.05, 0) is 85.2 Å². The van der Waals surface area contributed by atoms with Gasteiger partial charge >= 0.3 is 12.2 Å². The summed E-state index contributed by atoms with van der Waals surface area (Å²) in [7, 11) is 2.47. The van der Waals surface area contributed by atoms with E-state index in [1.165, 1.54) is 24.0 Å². The molecule has 2 unspecified atom stereocenters.